The van der Waals surface area contributed by atoms with Crippen molar-refractivity contribution in [1.29, 1.82) is 0 Å². The van der Waals surface area contributed by atoms with Crippen LogP contribution in [0.2, 0.25) is 5.02 Å². The van der Waals surface area contributed by atoms with Crippen molar-refractivity contribution in [3.8, 4) is 17.2 Å². The van der Waals surface area contributed by atoms with Gasteiger partial charge in [0.05, 0.1) is 13.3 Å². The van der Waals surface area contributed by atoms with Crippen molar-refractivity contribution in [3.63, 3.8) is 0 Å². The summed E-state index contributed by atoms with van der Waals surface area (Å²) in [4.78, 5) is 4.32. The molecule has 0 unspecified atom stereocenters. The standard InChI is InChI=1S/C17H14ClNO2/c1-20-15-8-4-13(5-9-15)17-19-11-16(21-17)10-12-2-6-14(18)7-3-12/h2-9,11H,10H2,1H3. The topological polar surface area (TPSA) is 35.3 Å². The molecular weight excluding hydrogens is 286 g/mol. The number of oxazole rings is 1. The van der Waals surface area contributed by atoms with E-state index in [1.54, 1.807) is 13.3 Å². The molecule has 0 saturated heterocycles. The first-order chi connectivity index (χ1) is 10.2. The molecule has 0 amide bonds. The third-order valence-electron chi connectivity index (χ3n) is 3.18. The van der Waals surface area contributed by atoms with Gasteiger partial charge in [0.25, 0.3) is 0 Å². The molecule has 0 saturated carbocycles. The predicted octanol–water partition coefficient (Wildman–Crippen LogP) is 4.59. The van der Waals surface area contributed by atoms with Gasteiger partial charge >= 0.3 is 0 Å². The third kappa shape index (κ3) is 3.26. The molecule has 0 radical (unpaired) electrons. The highest BCUT2D eigenvalue weighted by molar-refractivity contribution is 6.30. The van der Waals surface area contributed by atoms with Crippen molar-refractivity contribution >= 4 is 11.6 Å². The van der Waals surface area contributed by atoms with Crippen LogP contribution in [0.15, 0.2) is 59.1 Å². The van der Waals surface area contributed by atoms with Crippen molar-refractivity contribution in [3.05, 3.63) is 71.1 Å². The lowest BCUT2D eigenvalue weighted by molar-refractivity contribution is 0.415. The van der Waals surface area contributed by atoms with Crippen LogP contribution in [-0.4, -0.2) is 12.1 Å². The molecule has 0 bridgehead atoms. The van der Waals surface area contributed by atoms with Crippen LogP contribution in [0.3, 0.4) is 0 Å². The minimum absolute atomic E-state index is 0.613. The lowest BCUT2D eigenvalue weighted by Gasteiger charge is -2.00. The first-order valence-electron chi connectivity index (χ1n) is 6.58. The van der Waals surface area contributed by atoms with Gasteiger partial charge in [-0.25, -0.2) is 4.98 Å². The predicted molar refractivity (Wildman–Crippen MR) is 82.7 cm³/mol. The van der Waals surface area contributed by atoms with Crippen LogP contribution in [0.25, 0.3) is 11.5 Å². The maximum Gasteiger partial charge on any atom is 0.226 e. The van der Waals surface area contributed by atoms with Crippen LogP contribution in [0.5, 0.6) is 5.75 Å². The minimum Gasteiger partial charge on any atom is -0.497 e. The molecule has 1 heterocycles. The second kappa shape index (κ2) is 6.02. The van der Waals surface area contributed by atoms with Crippen molar-refractivity contribution < 1.29 is 9.15 Å². The van der Waals surface area contributed by atoms with E-state index < -0.39 is 0 Å². The second-order valence-corrected chi connectivity index (χ2v) is 5.10. The molecule has 2 aromatic carbocycles. The van der Waals surface area contributed by atoms with E-state index in [4.69, 9.17) is 20.8 Å². The molecule has 0 aliphatic heterocycles. The summed E-state index contributed by atoms with van der Waals surface area (Å²) >= 11 is 5.88. The highest BCUT2D eigenvalue weighted by Gasteiger charge is 2.07. The maximum absolute atomic E-state index is 5.88. The summed E-state index contributed by atoms with van der Waals surface area (Å²) in [5.41, 5.74) is 2.06. The van der Waals surface area contributed by atoms with Crippen molar-refractivity contribution in [1.82, 2.24) is 4.98 Å². The summed E-state index contributed by atoms with van der Waals surface area (Å²) in [5.74, 6) is 2.25. The summed E-state index contributed by atoms with van der Waals surface area (Å²) in [5, 5.41) is 0.732. The average Bonchev–Trinajstić information content (AvgIpc) is 2.98. The molecule has 1 aromatic heterocycles. The Balaban J connectivity index is 1.77. The van der Waals surface area contributed by atoms with Gasteiger partial charge in [-0.2, -0.15) is 0 Å². The fourth-order valence-electron chi connectivity index (χ4n) is 2.06. The zero-order valence-corrected chi connectivity index (χ0v) is 12.3. The van der Waals surface area contributed by atoms with E-state index in [-0.39, 0.29) is 0 Å². The fourth-order valence-corrected chi connectivity index (χ4v) is 2.19. The lowest BCUT2D eigenvalue weighted by atomic mass is 10.1. The molecule has 21 heavy (non-hydrogen) atoms. The Hall–Kier alpha value is -2.26. The molecule has 106 valence electrons. The van der Waals surface area contributed by atoms with Gasteiger partial charge in [0, 0.05) is 17.0 Å². The number of hydrogen-bond donors (Lipinski definition) is 0. The Labute approximate surface area is 128 Å². The van der Waals surface area contributed by atoms with E-state index in [9.17, 15) is 0 Å². The summed E-state index contributed by atoms with van der Waals surface area (Å²) in [6, 6.07) is 15.3. The van der Waals surface area contributed by atoms with Crippen LogP contribution in [0.1, 0.15) is 11.3 Å². The van der Waals surface area contributed by atoms with Gasteiger partial charge < -0.3 is 9.15 Å². The van der Waals surface area contributed by atoms with Crippen molar-refractivity contribution in [2.24, 2.45) is 0 Å². The van der Waals surface area contributed by atoms with E-state index in [2.05, 4.69) is 4.98 Å². The molecule has 3 rings (SSSR count). The smallest absolute Gasteiger partial charge is 0.226 e. The summed E-state index contributed by atoms with van der Waals surface area (Å²) in [7, 11) is 1.64. The number of aromatic nitrogens is 1. The first-order valence-corrected chi connectivity index (χ1v) is 6.96. The maximum atomic E-state index is 5.88. The number of rotatable bonds is 4. The van der Waals surface area contributed by atoms with Crippen LogP contribution in [0, 0.1) is 0 Å². The van der Waals surface area contributed by atoms with Crippen LogP contribution in [0.4, 0.5) is 0 Å². The Kier molecular flexibility index (Phi) is 3.93. The molecular formula is C17H14ClNO2. The Bertz CT molecular complexity index is 717. The SMILES string of the molecule is COc1ccc(-c2ncc(Cc3ccc(Cl)cc3)o2)cc1. The van der Waals surface area contributed by atoms with Gasteiger partial charge in [0.1, 0.15) is 11.5 Å². The first kappa shape index (κ1) is 13.7. The molecule has 0 aliphatic rings. The Morgan fingerprint density at radius 2 is 1.76 bits per heavy atom. The van der Waals surface area contributed by atoms with E-state index in [1.165, 1.54) is 0 Å². The number of nitrogens with zero attached hydrogens (tertiary/aromatic N) is 1. The molecule has 0 atom stereocenters. The van der Waals surface area contributed by atoms with Crippen LogP contribution >= 0.6 is 11.6 Å². The van der Waals surface area contributed by atoms with E-state index >= 15 is 0 Å². The summed E-state index contributed by atoms with van der Waals surface area (Å²) in [6.45, 7) is 0. The number of halogens is 1. The highest BCUT2D eigenvalue weighted by atomic mass is 35.5. The van der Waals surface area contributed by atoms with E-state index in [0.717, 1.165) is 27.7 Å². The molecule has 0 N–H and O–H groups in total. The van der Waals surface area contributed by atoms with Crippen molar-refractivity contribution in [2.45, 2.75) is 6.42 Å². The number of methoxy groups -OCH3 is 1. The zero-order chi connectivity index (χ0) is 14.7. The third-order valence-corrected chi connectivity index (χ3v) is 3.43. The number of ether oxygens (including phenoxy) is 1. The Morgan fingerprint density at radius 1 is 1.05 bits per heavy atom. The van der Waals surface area contributed by atoms with E-state index in [1.807, 2.05) is 48.5 Å². The molecule has 0 fully saturated rings. The average molecular weight is 300 g/mol. The quantitative estimate of drug-likeness (QED) is 0.706. The van der Waals surface area contributed by atoms with Gasteiger partial charge in [0.15, 0.2) is 0 Å². The Morgan fingerprint density at radius 3 is 2.43 bits per heavy atom. The molecule has 0 spiro atoms. The monoisotopic (exact) mass is 299 g/mol. The lowest BCUT2D eigenvalue weighted by Crippen LogP contribution is -1.84. The van der Waals surface area contributed by atoms with Gasteiger partial charge in [-0.15, -0.1) is 0 Å². The van der Waals surface area contributed by atoms with Gasteiger partial charge in [0.2, 0.25) is 5.89 Å². The van der Waals surface area contributed by atoms with Gasteiger partial charge in [-0.1, -0.05) is 23.7 Å². The van der Waals surface area contributed by atoms with Crippen LogP contribution < -0.4 is 4.74 Å². The second-order valence-electron chi connectivity index (χ2n) is 4.66. The number of hydrogen-bond acceptors (Lipinski definition) is 3. The number of benzene rings is 2. The summed E-state index contributed by atoms with van der Waals surface area (Å²) < 4.78 is 10.9. The largest absolute Gasteiger partial charge is 0.497 e. The van der Waals surface area contributed by atoms with Crippen molar-refractivity contribution in [2.75, 3.05) is 7.11 Å². The highest BCUT2D eigenvalue weighted by Crippen LogP contribution is 2.23. The van der Waals surface area contributed by atoms with Crippen LogP contribution in [-0.2, 0) is 6.42 Å². The molecule has 0 aliphatic carbocycles. The fraction of sp³-hybridized carbons (Fsp3) is 0.118. The van der Waals surface area contributed by atoms with Gasteiger partial charge in [-0.05, 0) is 42.0 Å². The normalized spacial score (nSPS) is 10.6. The van der Waals surface area contributed by atoms with E-state index in [0.29, 0.717) is 12.3 Å². The molecule has 3 aromatic rings. The molecule has 4 heteroatoms. The zero-order valence-electron chi connectivity index (χ0n) is 11.5. The minimum atomic E-state index is 0.613. The summed E-state index contributed by atoms with van der Waals surface area (Å²) in [6.07, 6.45) is 2.45. The van der Waals surface area contributed by atoms with Gasteiger partial charge in [-0.3, -0.25) is 0 Å². The molecule has 3 nitrogen and oxygen atoms in total.